The second kappa shape index (κ2) is 7.08. The van der Waals surface area contributed by atoms with Gasteiger partial charge >= 0.3 is 6.16 Å². The number of amides is 1. The molecular weight excluding hydrogens is 274 g/mol. The summed E-state index contributed by atoms with van der Waals surface area (Å²) in [6.45, 7) is 3.26. The number of hydrogen-bond donors (Lipinski definition) is 0. The number of benzene rings is 1. The molecule has 0 aromatic heterocycles. The summed E-state index contributed by atoms with van der Waals surface area (Å²) in [4.78, 5) is 25.2. The van der Waals surface area contributed by atoms with Crippen molar-refractivity contribution in [2.24, 2.45) is 0 Å². The fourth-order valence-corrected chi connectivity index (χ4v) is 2.20. The van der Waals surface area contributed by atoms with E-state index in [1.54, 1.807) is 43.2 Å². The highest BCUT2D eigenvalue weighted by molar-refractivity contribution is 5.94. The van der Waals surface area contributed by atoms with Crippen molar-refractivity contribution >= 4 is 12.1 Å². The Morgan fingerprint density at radius 3 is 2.57 bits per heavy atom. The third-order valence-corrected chi connectivity index (χ3v) is 3.33. The molecule has 1 unspecified atom stereocenters. The van der Waals surface area contributed by atoms with Gasteiger partial charge in [-0.05, 0) is 37.6 Å². The highest BCUT2D eigenvalue weighted by atomic mass is 16.7. The molecule has 1 aromatic carbocycles. The van der Waals surface area contributed by atoms with Gasteiger partial charge in [-0.15, -0.1) is 0 Å². The minimum atomic E-state index is -0.751. The van der Waals surface area contributed by atoms with E-state index < -0.39 is 6.16 Å². The molecule has 0 radical (unpaired) electrons. The normalized spacial score (nSPS) is 17.6. The van der Waals surface area contributed by atoms with Crippen LogP contribution in [0.2, 0.25) is 0 Å². The molecule has 6 heteroatoms. The molecule has 1 saturated heterocycles. The maximum absolute atomic E-state index is 12.3. The summed E-state index contributed by atoms with van der Waals surface area (Å²) in [5.41, 5.74) is 0.558. The van der Waals surface area contributed by atoms with E-state index in [0.717, 1.165) is 6.42 Å². The fourth-order valence-electron chi connectivity index (χ4n) is 2.20. The topological polar surface area (TPSA) is 65.1 Å². The predicted molar refractivity (Wildman–Crippen MR) is 75.4 cm³/mol. The SMILES string of the molecule is CCOC(=O)Oc1ccc(C(=O)N2CCC(OC)C2)cc1. The molecule has 21 heavy (non-hydrogen) atoms. The average molecular weight is 293 g/mol. The molecule has 0 bridgehead atoms. The van der Waals surface area contributed by atoms with Gasteiger partial charge in [0.2, 0.25) is 0 Å². The largest absolute Gasteiger partial charge is 0.513 e. The molecule has 0 N–H and O–H groups in total. The summed E-state index contributed by atoms with van der Waals surface area (Å²) in [5, 5.41) is 0. The van der Waals surface area contributed by atoms with Crippen molar-refractivity contribution in [3.05, 3.63) is 29.8 Å². The Morgan fingerprint density at radius 1 is 1.29 bits per heavy atom. The van der Waals surface area contributed by atoms with Crippen LogP contribution in [0.4, 0.5) is 4.79 Å². The van der Waals surface area contributed by atoms with Gasteiger partial charge < -0.3 is 19.1 Å². The van der Waals surface area contributed by atoms with Crippen LogP contribution in [0.25, 0.3) is 0 Å². The van der Waals surface area contributed by atoms with Crippen molar-refractivity contribution in [2.45, 2.75) is 19.4 Å². The average Bonchev–Trinajstić information content (AvgIpc) is 2.96. The molecule has 2 rings (SSSR count). The van der Waals surface area contributed by atoms with Crippen LogP contribution in [0, 0.1) is 0 Å². The van der Waals surface area contributed by atoms with E-state index in [1.807, 2.05) is 0 Å². The second-order valence-electron chi connectivity index (χ2n) is 4.71. The molecule has 0 spiro atoms. The smallest absolute Gasteiger partial charge is 0.434 e. The van der Waals surface area contributed by atoms with E-state index in [4.69, 9.17) is 9.47 Å². The highest BCUT2D eigenvalue weighted by Crippen LogP contribution is 2.18. The van der Waals surface area contributed by atoms with Gasteiger partial charge in [-0.3, -0.25) is 4.79 Å². The minimum absolute atomic E-state index is 0.0442. The maximum atomic E-state index is 12.3. The van der Waals surface area contributed by atoms with Crippen molar-refractivity contribution in [2.75, 3.05) is 26.8 Å². The summed E-state index contributed by atoms with van der Waals surface area (Å²) in [5.74, 6) is 0.304. The first kappa shape index (κ1) is 15.3. The van der Waals surface area contributed by atoms with Crippen molar-refractivity contribution in [1.29, 1.82) is 0 Å². The first-order valence-corrected chi connectivity index (χ1v) is 6.90. The van der Waals surface area contributed by atoms with Crippen LogP contribution < -0.4 is 4.74 Å². The van der Waals surface area contributed by atoms with E-state index in [1.165, 1.54) is 0 Å². The van der Waals surface area contributed by atoms with Crippen LogP contribution >= 0.6 is 0 Å². The number of nitrogens with zero attached hydrogens (tertiary/aromatic N) is 1. The van der Waals surface area contributed by atoms with E-state index >= 15 is 0 Å². The molecule has 1 aromatic rings. The monoisotopic (exact) mass is 293 g/mol. The van der Waals surface area contributed by atoms with Gasteiger partial charge in [0.05, 0.1) is 12.7 Å². The zero-order valence-corrected chi connectivity index (χ0v) is 12.2. The van der Waals surface area contributed by atoms with Gasteiger partial charge in [-0.1, -0.05) is 0 Å². The summed E-state index contributed by atoms with van der Waals surface area (Å²) >= 11 is 0. The Balaban J connectivity index is 1.95. The predicted octanol–water partition coefficient (Wildman–Crippen LogP) is 2.08. The third-order valence-electron chi connectivity index (χ3n) is 3.33. The lowest BCUT2D eigenvalue weighted by molar-refractivity contribution is 0.0724. The lowest BCUT2D eigenvalue weighted by Gasteiger charge is -2.16. The molecule has 1 aliphatic heterocycles. The number of carbonyl (C=O) groups excluding carboxylic acids is 2. The molecular formula is C15H19NO5. The first-order chi connectivity index (χ1) is 10.1. The van der Waals surface area contributed by atoms with E-state index in [-0.39, 0.29) is 18.6 Å². The van der Waals surface area contributed by atoms with E-state index in [2.05, 4.69) is 4.74 Å². The summed E-state index contributed by atoms with van der Waals surface area (Å²) in [6, 6.07) is 6.43. The van der Waals surface area contributed by atoms with E-state index in [9.17, 15) is 9.59 Å². The van der Waals surface area contributed by atoms with Crippen molar-refractivity contribution in [1.82, 2.24) is 4.90 Å². The van der Waals surface area contributed by atoms with Gasteiger partial charge in [0.15, 0.2) is 0 Å². The number of methoxy groups -OCH3 is 1. The third kappa shape index (κ3) is 3.95. The quantitative estimate of drug-likeness (QED) is 0.628. The minimum Gasteiger partial charge on any atom is -0.434 e. The Bertz CT molecular complexity index is 499. The van der Waals surface area contributed by atoms with Crippen LogP contribution in [-0.2, 0) is 9.47 Å². The number of rotatable bonds is 4. The molecule has 6 nitrogen and oxygen atoms in total. The Kier molecular flexibility index (Phi) is 5.16. The second-order valence-corrected chi connectivity index (χ2v) is 4.71. The van der Waals surface area contributed by atoms with Gasteiger partial charge in [0.1, 0.15) is 5.75 Å². The first-order valence-electron chi connectivity index (χ1n) is 6.90. The van der Waals surface area contributed by atoms with Crippen molar-refractivity contribution in [3.63, 3.8) is 0 Å². The molecule has 0 aliphatic carbocycles. The maximum Gasteiger partial charge on any atom is 0.513 e. The van der Waals surface area contributed by atoms with Crippen molar-refractivity contribution < 1.29 is 23.8 Å². The van der Waals surface area contributed by atoms with E-state index in [0.29, 0.717) is 24.4 Å². The molecule has 0 saturated carbocycles. The van der Waals surface area contributed by atoms with Gasteiger partial charge in [-0.25, -0.2) is 4.79 Å². The molecule has 114 valence electrons. The molecule has 1 heterocycles. The highest BCUT2D eigenvalue weighted by Gasteiger charge is 2.26. The lowest BCUT2D eigenvalue weighted by atomic mass is 10.2. The standard InChI is InChI=1S/C15H19NO5/c1-3-20-15(18)21-12-6-4-11(5-7-12)14(17)16-9-8-13(10-16)19-2/h4-7,13H,3,8-10H2,1-2H3. The molecule has 1 atom stereocenters. The van der Waals surface area contributed by atoms with Crippen LogP contribution in [0.1, 0.15) is 23.7 Å². The number of carbonyl (C=O) groups is 2. The van der Waals surface area contributed by atoms with Gasteiger partial charge in [-0.2, -0.15) is 0 Å². The molecule has 1 aliphatic rings. The Hall–Kier alpha value is -2.08. The van der Waals surface area contributed by atoms with Crippen LogP contribution in [0.5, 0.6) is 5.75 Å². The van der Waals surface area contributed by atoms with Crippen LogP contribution in [0.15, 0.2) is 24.3 Å². The summed E-state index contributed by atoms with van der Waals surface area (Å²) in [7, 11) is 1.65. The molecule has 1 fully saturated rings. The Labute approximate surface area is 123 Å². The zero-order chi connectivity index (χ0) is 15.2. The summed E-state index contributed by atoms with van der Waals surface area (Å²) < 4.78 is 14.9. The summed E-state index contributed by atoms with van der Waals surface area (Å²) in [6.07, 6.45) is 0.214. The van der Waals surface area contributed by atoms with Crippen LogP contribution in [-0.4, -0.2) is 49.9 Å². The number of ether oxygens (including phenoxy) is 3. The lowest BCUT2D eigenvalue weighted by Crippen LogP contribution is -2.29. The number of hydrogen-bond acceptors (Lipinski definition) is 5. The fraction of sp³-hybridized carbons (Fsp3) is 0.467. The molecule has 1 amide bonds. The van der Waals surface area contributed by atoms with Crippen molar-refractivity contribution in [3.8, 4) is 5.75 Å². The van der Waals surface area contributed by atoms with Gasteiger partial charge in [0.25, 0.3) is 5.91 Å². The number of likely N-dealkylation sites (tertiary alicyclic amines) is 1. The zero-order valence-electron chi connectivity index (χ0n) is 12.2. The van der Waals surface area contributed by atoms with Gasteiger partial charge in [0, 0.05) is 25.8 Å². The Morgan fingerprint density at radius 2 is 2.00 bits per heavy atom. The van der Waals surface area contributed by atoms with Crippen LogP contribution in [0.3, 0.4) is 0 Å².